The lowest BCUT2D eigenvalue weighted by Crippen LogP contribution is -2.50. The summed E-state index contributed by atoms with van der Waals surface area (Å²) in [5, 5.41) is 3.38. The molecule has 1 heterocycles. The zero-order chi connectivity index (χ0) is 14.5. The van der Waals surface area contributed by atoms with Crippen molar-refractivity contribution in [3.8, 4) is 0 Å². The predicted molar refractivity (Wildman–Crippen MR) is 74.8 cm³/mol. The first-order chi connectivity index (χ1) is 9.60. The summed E-state index contributed by atoms with van der Waals surface area (Å²) in [6.07, 6.45) is 0.287. The van der Waals surface area contributed by atoms with Gasteiger partial charge in [-0.25, -0.2) is 4.39 Å². The Labute approximate surface area is 118 Å². The number of methoxy groups -OCH3 is 1. The molecule has 110 valence electrons. The van der Waals surface area contributed by atoms with E-state index in [-0.39, 0.29) is 24.2 Å². The molecule has 1 aromatic rings. The van der Waals surface area contributed by atoms with Gasteiger partial charge in [0.05, 0.1) is 13.5 Å². The molecule has 0 amide bonds. The summed E-state index contributed by atoms with van der Waals surface area (Å²) in [6, 6.07) is 6.68. The first kappa shape index (κ1) is 14.9. The van der Waals surface area contributed by atoms with Crippen LogP contribution in [0.1, 0.15) is 24.9 Å². The third kappa shape index (κ3) is 3.77. The van der Waals surface area contributed by atoms with Crippen LogP contribution in [0, 0.1) is 5.82 Å². The summed E-state index contributed by atoms with van der Waals surface area (Å²) < 4.78 is 17.9. The van der Waals surface area contributed by atoms with E-state index in [4.69, 9.17) is 4.74 Å². The number of hydrogen-bond acceptors (Lipinski definition) is 4. The lowest BCUT2D eigenvalue weighted by molar-refractivity contribution is -0.142. The molecule has 0 saturated carbocycles. The van der Waals surface area contributed by atoms with Crippen molar-refractivity contribution in [3.63, 3.8) is 0 Å². The van der Waals surface area contributed by atoms with Gasteiger partial charge in [-0.3, -0.25) is 9.69 Å². The molecule has 1 aromatic carbocycles. The van der Waals surface area contributed by atoms with Gasteiger partial charge in [-0.1, -0.05) is 12.1 Å². The topological polar surface area (TPSA) is 41.6 Å². The SMILES string of the molecule is COC(=O)CC(c1ccc(F)cc1)N1CCNC(C)C1. The number of nitrogens with one attached hydrogen (secondary N) is 1. The molecule has 2 rings (SSSR count). The largest absolute Gasteiger partial charge is 0.469 e. The summed E-state index contributed by atoms with van der Waals surface area (Å²) in [4.78, 5) is 13.9. The normalized spacial score (nSPS) is 21.4. The van der Waals surface area contributed by atoms with E-state index in [1.165, 1.54) is 19.2 Å². The molecule has 1 aliphatic heterocycles. The summed E-state index contributed by atoms with van der Waals surface area (Å²) in [5.41, 5.74) is 0.950. The maximum atomic E-state index is 13.1. The van der Waals surface area contributed by atoms with Crippen LogP contribution in [-0.4, -0.2) is 43.7 Å². The summed E-state index contributed by atoms with van der Waals surface area (Å²) in [6.45, 7) is 4.73. The van der Waals surface area contributed by atoms with Gasteiger partial charge in [0.25, 0.3) is 0 Å². The molecule has 0 bridgehead atoms. The van der Waals surface area contributed by atoms with Gasteiger partial charge in [-0.15, -0.1) is 0 Å². The molecule has 2 atom stereocenters. The van der Waals surface area contributed by atoms with Crippen molar-refractivity contribution >= 4 is 5.97 Å². The van der Waals surface area contributed by atoms with Gasteiger partial charge in [-0.2, -0.15) is 0 Å². The van der Waals surface area contributed by atoms with Crippen molar-refractivity contribution in [2.75, 3.05) is 26.7 Å². The highest BCUT2D eigenvalue weighted by atomic mass is 19.1. The zero-order valence-corrected chi connectivity index (χ0v) is 11.9. The van der Waals surface area contributed by atoms with Crippen LogP contribution >= 0.6 is 0 Å². The maximum Gasteiger partial charge on any atom is 0.307 e. The fourth-order valence-electron chi connectivity index (χ4n) is 2.63. The fraction of sp³-hybridized carbons (Fsp3) is 0.533. The molecule has 4 nitrogen and oxygen atoms in total. The second-order valence-corrected chi connectivity index (χ2v) is 5.20. The molecule has 5 heteroatoms. The van der Waals surface area contributed by atoms with Crippen LogP contribution in [0.5, 0.6) is 0 Å². The van der Waals surface area contributed by atoms with Crippen molar-refractivity contribution in [1.82, 2.24) is 10.2 Å². The third-order valence-corrected chi connectivity index (χ3v) is 3.68. The number of carbonyl (C=O) groups excluding carboxylic acids is 1. The number of rotatable bonds is 4. The van der Waals surface area contributed by atoms with Gasteiger partial charge in [0.2, 0.25) is 0 Å². The van der Waals surface area contributed by atoms with Crippen molar-refractivity contribution in [2.24, 2.45) is 0 Å². The van der Waals surface area contributed by atoms with E-state index in [1.807, 2.05) is 0 Å². The minimum absolute atomic E-state index is 0.0624. The lowest BCUT2D eigenvalue weighted by Gasteiger charge is -2.37. The summed E-state index contributed by atoms with van der Waals surface area (Å²) in [7, 11) is 1.39. The number of nitrogens with zero attached hydrogens (tertiary/aromatic N) is 1. The van der Waals surface area contributed by atoms with Gasteiger partial charge < -0.3 is 10.1 Å². The van der Waals surface area contributed by atoms with Crippen molar-refractivity contribution in [2.45, 2.75) is 25.4 Å². The van der Waals surface area contributed by atoms with Crippen LogP contribution in [0.25, 0.3) is 0 Å². The Balaban J connectivity index is 2.19. The van der Waals surface area contributed by atoms with Crippen LogP contribution in [0.15, 0.2) is 24.3 Å². The first-order valence-electron chi connectivity index (χ1n) is 6.90. The maximum absolute atomic E-state index is 13.1. The Bertz CT molecular complexity index is 450. The van der Waals surface area contributed by atoms with Crippen molar-refractivity contribution in [1.29, 1.82) is 0 Å². The molecular formula is C15H21FN2O2. The molecule has 1 saturated heterocycles. The molecule has 0 aliphatic carbocycles. The van der Waals surface area contributed by atoms with E-state index in [9.17, 15) is 9.18 Å². The third-order valence-electron chi connectivity index (χ3n) is 3.68. The van der Waals surface area contributed by atoms with Gasteiger partial charge in [0, 0.05) is 31.7 Å². The standard InChI is InChI=1S/C15H21FN2O2/c1-11-10-18(8-7-17-11)14(9-15(19)20-2)12-3-5-13(16)6-4-12/h3-6,11,14,17H,7-10H2,1-2H3. The highest BCUT2D eigenvalue weighted by Gasteiger charge is 2.27. The van der Waals surface area contributed by atoms with E-state index >= 15 is 0 Å². The molecule has 1 N–H and O–H groups in total. The number of carbonyl (C=O) groups is 1. The number of hydrogen-bond donors (Lipinski definition) is 1. The summed E-state index contributed by atoms with van der Waals surface area (Å²) >= 11 is 0. The Morgan fingerprint density at radius 2 is 2.20 bits per heavy atom. The average Bonchev–Trinajstić information content (AvgIpc) is 2.45. The van der Waals surface area contributed by atoms with Gasteiger partial charge >= 0.3 is 5.97 Å². The molecule has 0 radical (unpaired) electrons. The molecule has 20 heavy (non-hydrogen) atoms. The van der Waals surface area contributed by atoms with E-state index in [0.29, 0.717) is 6.04 Å². The lowest BCUT2D eigenvalue weighted by atomic mass is 10.00. The fourth-order valence-corrected chi connectivity index (χ4v) is 2.63. The van der Waals surface area contributed by atoms with Gasteiger partial charge in [0.15, 0.2) is 0 Å². The number of esters is 1. The number of ether oxygens (including phenoxy) is 1. The summed E-state index contributed by atoms with van der Waals surface area (Å²) in [5.74, 6) is -0.509. The molecule has 0 spiro atoms. The minimum Gasteiger partial charge on any atom is -0.469 e. The van der Waals surface area contributed by atoms with Crippen LogP contribution in [0.3, 0.4) is 0 Å². The molecule has 2 unspecified atom stereocenters. The van der Waals surface area contributed by atoms with Crippen LogP contribution < -0.4 is 5.32 Å². The Morgan fingerprint density at radius 1 is 1.50 bits per heavy atom. The van der Waals surface area contributed by atoms with Crippen molar-refractivity contribution in [3.05, 3.63) is 35.6 Å². The highest BCUT2D eigenvalue weighted by molar-refractivity contribution is 5.70. The number of benzene rings is 1. The highest BCUT2D eigenvalue weighted by Crippen LogP contribution is 2.26. The Kier molecular flexibility index (Phi) is 5.09. The number of halogens is 1. The molecule has 1 fully saturated rings. The molecule has 0 aromatic heterocycles. The number of piperazine rings is 1. The zero-order valence-electron chi connectivity index (χ0n) is 11.9. The van der Waals surface area contributed by atoms with Crippen LogP contribution in [0.2, 0.25) is 0 Å². The van der Waals surface area contributed by atoms with E-state index in [1.54, 1.807) is 12.1 Å². The van der Waals surface area contributed by atoms with E-state index in [0.717, 1.165) is 25.2 Å². The Hall–Kier alpha value is -1.46. The second-order valence-electron chi connectivity index (χ2n) is 5.20. The first-order valence-corrected chi connectivity index (χ1v) is 6.90. The quantitative estimate of drug-likeness (QED) is 0.853. The van der Waals surface area contributed by atoms with Crippen molar-refractivity contribution < 1.29 is 13.9 Å². The Morgan fingerprint density at radius 3 is 2.80 bits per heavy atom. The van der Waals surface area contributed by atoms with E-state index < -0.39 is 0 Å². The second kappa shape index (κ2) is 6.81. The monoisotopic (exact) mass is 280 g/mol. The van der Waals surface area contributed by atoms with E-state index in [2.05, 4.69) is 17.1 Å². The van der Waals surface area contributed by atoms with Gasteiger partial charge in [-0.05, 0) is 24.6 Å². The van der Waals surface area contributed by atoms with Crippen LogP contribution in [0.4, 0.5) is 4.39 Å². The van der Waals surface area contributed by atoms with Crippen LogP contribution in [-0.2, 0) is 9.53 Å². The molecular weight excluding hydrogens is 259 g/mol. The minimum atomic E-state index is -0.265. The van der Waals surface area contributed by atoms with Gasteiger partial charge in [0.1, 0.15) is 5.82 Å². The average molecular weight is 280 g/mol. The predicted octanol–water partition coefficient (Wildman–Crippen LogP) is 1.72. The molecule has 1 aliphatic rings. The smallest absolute Gasteiger partial charge is 0.307 e.